The summed E-state index contributed by atoms with van der Waals surface area (Å²) in [5, 5.41) is 12.6. The van der Waals surface area contributed by atoms with Crippen molar-refractivity contribution in [2.24, 2.45) is 11.8 Å². The molecular formula is C14H23NOS. The van der Waals surface area contributed by atoms with E-state index in [0.717, 1.165) is 13.1 Å². The van der Waals surface area contributed by atoms with Crippen molar-refractivity contribution in [2.75, 3.05) is 19.4 Å². The van der Waals surface area contributed by atoms with Crippen molar-refractivity contribution >= 4 is 11.8 Å². The van der Waals surface area contributed by atoms with E-state index in [1.165, 1.54) is 10.5 Å². The van der Waals surface area contributed by atoms with Crippen LogP contribution in [0.3, 0.4) is 0 Å². The van der Waals surface area contributed by atoms with E-state index in [4.69, 9.17) is 0 Å². The highest BCUT2D eigenvalue weighted by Crippen LogP contribution is 2.15. The Kier molecular flexibility index (Phi) is 6.63. The van der Waals surface area contributed by atoms with E-state index in [2.05, 4.69) is 49.7 Å². The van der Waals surface area contributed by atoms with E-state index in [1.807, 2.05) is 0 Å². The lowest BCUT2D eigenvalue weighted by Crippen LogP contribution is -2.28. The summed E-state index contributed by atoms with van der Waals surface area (Å²) in [5.74, 6) is 0.867. The van der Waals surface area contributed by atoms with Gasteiger partial charge in [-0.3, -0.25) is 0 Å². The molecule has 96 valence electrons. The average molecular weight is 253 g/mol. The molecule has 0 aliphatic heterocycles. The van der Waals surface area contributed by atoms with Crippen LogP contribution >= 0.6 is 11.8 Å². The Morgan fingerprint density at radius 1 is 1.24 bits per heavy atom. The van der Waals surface area contributed by atoms with E-state index in [-0.39, 0.29) is 6.61 Å². The number of thioether (sulfide) groups is 1. The molecular weight excluding hydrogens is 230 g/mol. The summed E-state index contributed by atoms with van der Waals surface area (Å²) in [6.45, 7) is 6.30. The Morgan fingerprint density at radius 3 is 2.35 bits per heavy atom. The zero-order valence-electron chi connectivity index (χ0n) is 10.9. The quantitative estimate of drug-likeness (QED) is 0.733. The van der Waals surface area contributed by atoms with Gasteiger partial charge in [0.15, 0.2) is 0 Å². The number of rotatable bonds is 7. The zero-order chi connectivity index (χ0) is 12.7. The van der Waals surface area contributed by atoms with Crippen molar-refractivity contribution in [3.63, 3.8) is 0 Å². The molecule has 2 N–H and O–H groups in total. The standard InChI is InChI=1S/C14H23NOS/c1-11(2)13(10-16)9-15-8-12-4-6-14(17-3)7-5-12/h4-7,11,13,15-16H,8-10H2,1-3H3. The van der Waals surface area contributed by atoms with Crippen molar-refractivity contribution < 1.29 is 5.11 Å². The molecule has 0 amide bonds. The number of nitrogens with one attached hydrogen (secondary N) is 1. The molecule has 0 aliphatic rings. The minimum absolute atomic E-state index is 0.260. The second-order valence-electron chi connectivity index (χ2n) is 4.67. The minimum atomic E-state index is 0.260. The first-order chi connectivity index (χ1) is 8.17. The maximum atomic E-state index is 9.22. The molecule has 1 aromatic rings. The molecule has 17 heavy (non-hydrogen) atoms. The Bertz CT molecular complexity index is 311. The van der Waals surface area contributed by atoms with Crippen LogP contribution in [0.5, 0.6) is 0 Å². The third-order valence-electron chi connectivity index (χ3n) is 3.07. The summed E-state index contributed by atoms with van der Waals surface area (Å²) in [4.78, 5) is 1.30. The highest BCUT2D eigenvalue weighted by Gasteiger charge is 2.10. The van der Waals surface area contributed by atoms with Crippen LogP contribution in [0.1, 0.15) is 19.4 Å². The number of aliphatic hydroxyl groups excluding tert-OH is 1. The largest absolute Gasteiger partial charge is 0.396 e. The van der Waals surface area contributed by atoms with Crippen LogP contribution in [-0.4, -0.2) is 24.5 Å². The molecule has 1 aromatic carbocycles. The molecule has 0 saturated heterocycles. The molecule has 1 atom stereocenters. The molecule has 1 unspecified atom stereocenters. The van der Waals surface area contributed by atoms with Gasteiger partial charge in [0.1, 0.15) is 0 Å². The Labute approximate surface area is 109 Å². The average Bonchev–Trinajstić information content (AvgIpc) is 2.35. The maximum absolute atomic E-state index is 9.22. The van der Waals surface area contributed by atoms with Gasteiger partial charge >= 0.3 is 0 Å². The normalized spacial score (nSPS) is 13.0. The first-order valence-corrected chi connectivity index (χ1v) is 7.34. The fourth-order valence-corrected chi connectivity index (χ4v) is 2.06. The summed E-state index contributed by atoms with van der Waals surface area (Å²) < 4.78 is 0. The molecule has 0 fully saturated rings. The minimum Gasteiger partial charge on any atom is -0.396 e. The number of hydrogen-bond acceptors (Lipinski definition) is 3. The predicted molar refractivity (Wildman–Crippen MR) is 75.3 cm³/mol. The van der Waals surface area contributed by atoms with E-state index < -0.39 is 0 Å². The SMILES string of the molecule is CSc1ccc(CNCC(CO)C(C)C)cc1. The number of benzene rings is 1. The van der Waals surface area contributed by atoms with Gasteiger partial charge in [0.2, 0.25) is 0 Å². The fourth-order valence-electron chi connectivity index (χ4n) is 1.66. The van der Waals surface area contributed by atoms with Crippen LogP contribution in [0.4, 0.5) is 0 Å². The van der Waals surface area contributed by atoms with Crippen LogP contribution < -0.4 is 5.32 Å². The second-order valence-corrected chi connectivity index (χ2v) is 5.55. The predicted octanol–water partition coefficient (Wildman–Crippen LogP) is 2.76. The molecule has 0 heterocycles. The monoisotopic (exact) mass is 253 g/mol. The number of aliphatic hydroxyl groups is 1. The third kappa shape index (κ3) is 5.11. The lowest BCUT2D eigenvalue weighted by molar-refractivity contribution is 0.186. The molecule has 3 heteroatoms. The third-order valence-corrected chi connectivity index (χ3v) is 3.82. The molecule has 0 aromatic heterocycles. The molecule has 0 spiro atoms. The highest BCUT2D eigenvalue weighted by atomic mass is 32.2. The van der Waals surface area contributed by atoms with Crippen molar-refractivity contribution in [1.29, 1.82) is 0 Å². The van der Waals surface area contributed by atoms with E-state index in [1.54, 1.807) is 11.8 Å². The maximum Gasteiger partial charge on any atom is 0.0473 e. The van der Waals surface area contributed by atoms with Crippen LogP contribution in [0.25, 0.3) is 0 Å². The van der Waals surface area contributed by atoms with E-state index in [9.17, 15) is 5.11 Å². The highest BCUT2D eigenvalue weighted by molar-refractivity contribution is 7.98. The molecule has 0 saturated carbocycles. The number of hydrogen-bond donors (Lipinski definition) is 2. The van der Waals surface area contributed by atoms with E-state index >= 15 is 0 Å². The lowest BCUT2D eigenvalue weighted by Gasteiger charge is -2.18. The first kappa shape index (κ1) is 14.6. The molecule has 2 nitrogen and oxygen atoms in total. The summed E-state index contributed by atoms with van der Waals surface area (Å²) in [5.41, 5.74) is 1.29. The second kappa shape index (κ2) is 7.75. The molecule has 0 bridgehead atoms. The van der Waals surface area contributed by atoms with Gasteiger partial charge in [-0.25, -0.2) is 0 Å². The van der Waals surface area contributed by atoms with Gasteiger partial charge in [0.05, 0.1) is 0 Å². The van der Waals surface area contributed by atoms with Crippen molar-refractivity contribution in [2.45, 2.75) is 25.3 Å². The summed E-state index contributed by atoms with van der Waals surface area (Å²) >= 11 is 1.76. The van der Waals surface area contributed by atoms with E-state index in [0.29, 0.717) is 11.8 Å². The van der Waals surface area contributed by atoms with Crippen molar-refractivity contribution in [3.8, 4) is 0 Å². The molecule has 0 radical (unpaired) electrons. The Balaban J connectivity index is 2.34. The van der Waals surface area contributed by atoms with Gasteiger partial charge in [-0.05, 0) is 35.8 Å². The lowest BCUT2D eigenvalue weighted by atomic mass is 9.97. The van der Waals surface area contributed by atoms with Gasteiger partial charge in [-0.15, -0.1) is 11.8 Å². The van der Waals surface area contributed by atoms with Crippen LogP contribution in [0, 0.1) is 11.8 Å². The fraction of sp³-hybridized carbons (Fsp3) is 0.571. The Morgan fingerprint density at radius 2 is 1.88 bits per heavy atom. The first-order valence-electron chi connectivity index (χ1n) is 6.12. The molecule has 0 aliphatic carbocycles. The van der Waals surface area contributed by atoms with Crippen LogP contribution in [0.15, 0.2) is 29.2 Å². The summed E-state index contributed by atoms with van der Waals surface area (Å²) in [7, 11) is 0. The Hall–Kier alpha value is -0.510. The van der Waals surface area contributed by atoms with Gasteiger partial charge in [-0.2, -0.15) is 0 Å². The van der Waals surface area contributed by atoms with Crippen LogP contribution in [0.2, 0.25) is 0 Å². The van der Waals surface area contributed by atoms with Gasteiger partial charge in [-0.1, -0.05) is 26.0 Å². The summed E-state index contributed by atoms with van der Waals surface area (Å²) in [6.07, 6.45) is 2.09. The van der Waals surface area contributed by atoms with Gasteiger partial charge in [0.25, 0.3) is 0 Å². The van der Waals surface area contributed by atoms with Crippen LogP contribution in [-0.2, 0) is 6.54 Å². The topological polar surface area (TPSA) is 32.3 Å². The van der Waals surface area contributed by atoms with Crippen molar-refractivity contribution in [1.82, 2.24) is 5.32 Å². The zero-order valence-corrected chi connectivity index (χ0v) is 11.8. The molecule has 1 rings (SSSR count). The van der Waals surface area contributed by atoms with Crippen molar-refractivity contribution in [3.05, 3.63) is 29.8 Å². The smallest absolute Gasteiger partial charge is 0.0473 e. The van der Waals surface area contributed by atoms with Gasteiger partial charge in [0, 0.05) is 24.6 Å². The van der Waals surface area contributed by atoms with Gasteiger partial charge < -0.3 is 10.4 Å². The summed E-state index contributed by atoms with van der Waals surface area (Å²) in [6, 6.07) is 8.60.